The predicted molar refractivity (Wildman–Crippen MR) is 38.8 cm³/mol. The van der Waals surface area contributed by atoms with Crippen molar-refractivity contribution in [3.63, 3.8) is 0 Å². The van der Waals surface area contributed by atoms with Crippen molar-refractivity contribution in [3.8, 4) is 0 Å². The summed E-state index contributed by atoms with van der Waals surface area (Å²) in [5, 5.41) is 2.64. The minimum atomic E-state index is -0.606. The summed E-state index contributed by atoms with van der Waals surface area (Å²) in [6.45, 7) is 1.75. The number of carbonyl (C=O) groups is 1. The first-order chi connectivity index (χ1) is 4.54. The molecule has 5 heteroatoms. The van der Waals surface area contributed by atoms with Crippen molar-refractivity contribution in [2.24, 2.45) is 17.2 Å². The highest BCUT2D eigenvalue weighted by molar-refractivity contribution is 5.81. The largest absolute Gasteiger partial charge is 0.320 e. The molecule has 0 aliphatic heterocycles. The van der Waals surface area contributed by atoms with Crippen LogP contribution in [0.4, 0.5) is 0 Å². The Kier molecular flexibility index (Phi) is 4.13. The van der Waals surface area contributed by atoms with Gasteiger partial charge in [0.2, 0.25) is 0 Å². The van der Waals surface area contributed by atoms with Gasteiger partial charge in [-0.2, -0.15) is 0 Å². The fraction of sp³-hybridized carbons (Fsp3) is 0.800. The summed E-state index contributed by atoms with van der Waals surface area (Å²) < 4.78 is 0. The normalized spacial score (nSPS) is 13.7. The molecule has 0 bridgehead atoms. The first-order valence-electron chi connectivity index (χ1n) is 3.04. The van der Waals surface area contributed by atoms with Crippen molar-refractivity contribution in [1.29, 1.82) is 0 Å². The Morgan fingerprint density at radius 2 is 2.00 bits per heavy atom. The highest BCUT2D eigenvalue weighted by atomic mass is 16.1. The van der Waals surface area contributed by atoms with E-state index in [0.29, 0.717) is 6.54 Å². The molecule has 0 aliphatic carbocycles. The van der Waals surface area contributed by atoms with Gasteiger partial charge >= 0.3 is 0 Å². The molecule has 0 saturated carbocycles. The molecule has 0 unspecified atom stereocenters. The van der Waals surface area contributed by atoms with Gasteiger partial charge < -0.3 is 17.2 Å². The van der Waals surface area contributed by atoms with E-state index in [9.17, 15) is 4.79 Å². The van der Waals surface area contributed by atoms with E-state index in [1.165, 1.54) is 6.92 Å². The van der Waals surface area contributed by atoms with Crippen LogP contribution in [0.25, 0.3) is 0 Å². The number of rotatable bonds is 4. The maximum atomic E-state index is 10.5. The number of nitrogens with two attached hydrogens (primary N) is 3. The van der Waals surface area contributed by atoms with Crippen LogP contribution < -0.4 is 22.5 Å². The molecule has 0 saturated heterocycles. The molecule has 0 aromatic heterocycles. The standard InChI is InChI=1S/C5H14N4O/c1-3(10)4(6)2-9-5(7)8/h4-5,9H,2,6-8H2,1H3/t4-/m1/s1. The van der Waals surface area contributed by atoms with Crippen LogP contribution in [0.1, 0.15) is 6.92 Å². The van der Waals surface area contributed by atoms with Crippen LogP contribution in [-0.2, 0) is 4.79 Å². The zero-order valence-corrected chi connectivity index (χ0v) is 6.00. The van der Waals surface area contributed by atoms with Gasteiger partial charge in [0.15, 0.2) is 0 Å². The summed E-state index contributed by atoms with van der Waals surface area (Å²) in [6.07, 6.45) is -0.606. The van der Waals surface area contributed by atoms with Crippen LogP contribution in [0.15, 0.2) is 0 Å². The number of hydrogen-bond donors (Lipinski definition) is 4. The molecule has 5 nitrogen and oxygen atoms in total. The van der Waals surface area contributed by atoms with Gasteiger partial charge in [0.25, 0.3) is 0 Å². The van der Waals surface area contributed by atoms with Crippen molar-refractivity contribution in [2.45, 2.75) is 19.3 Å². The average Bonchev–Trinajstić information content (AvgIpc) is 1.82. The zero-order chi connectivity index (χ0) is 8.15. The third kappa shape index (κ3) is 4.39. The van der Waals surface area contributed by atoms with Gasteiger partial charge in [-0.05, 0) is 6.92 Å². The Morgan fingerprint density at radius 3 is 2.30 bits per heavy atom. The van der Waals surface area contributed by atoms with E-state index in [-0.39, 0.29) is 5.78 Å². The summed E-state index contributed by atoms with van der Waals surface area (Å²) in [5.41, 5.74) is 15.6. The molecule has 0 aromatic carbocycles. The van der Waals surface area contributed by atoms with Crippen LogP contribution in [0.2, 0.25) is 0 Å². The maximum Gasteiger partial charge on any atom is 0.147 e. The topological polar surface area (TPSA) is 107 Å². The lowest BCUT2D eigenvalue weighted by Gasteiger charge is -2.11. The Bertz CT molecular complexity index is 114. The highest BCUT2D eigenvalue weighted by Crippen LogP contribution is 1.76. The van der Waals surface area contributed by atoms with Crippen LogP contribution in [0.5, 0.6) is 0 Å². The molecule has 60 valence electrons. The third-order valence-electron chi connectivity index (χ3n) is 1.10. The van der Waals surface area contributed by atoms with Gasteiger partial charge in [0, 0.05) is 6.54 Å². The Morgan fingerprint density at radius 1 is 1.50 bits per heavy atom. The summed E-state index contributed by atoms with van der Waals surface area (Å²) >= 11 is 0. The molecular weight excluding hydrogens is 132 g/mol. The van der Waals surface area contributed by atoms with Gasteiger partial charge in [-0.3, -0.25) is 10.1 Å². The van der Waals surface area contributed by atoms with Crippen LogP contribution in [0.3, 0.4) is 0 Å². The van der Waals surface area contributed by atoms with E-state index >= 15 is 0 Å². The van der Waals surface area contributed by atoms with E-state index in [0.717, 1.165) is 0 Å². The quantitative estimate of drug-likeness (QED) is 0.333. The number of Topliss-reactive ketones (excluding diaryl/α,β-unsaturated/α-hetero) is 1. The molecule has 1 atom stereocenters. The number of nitrogens with one attached hydrogen (secondary N) is 1. The first kappa shape index (κ1) is 9.51. The lowest BCUT2D eigenvalue weighted by Crippen LogP contribution is -2.51. The second kappa shape index (κ2) is 4.35. The fourth-order valence-electron chi connectivity index (χ4n) is 0.407. The molecule has 0 aromatic rings. The monoisotopic (exact) mass is 146 g/mol. The van der Waals surface area contributed by atoms with Crippen molar-refractivity contribution in [3.05, 3.63) is 0 Å². The van der Waals surface area contributed by atoms with E-state index < -0.39 is 12.3 Å². The first-order valence-corrected chi connectivity index (χ1v) is 3.04. The molecule has 7 N–H and O–H groups in total. The number of hydrogen-bond acceptors (Lipinski definition) is 5. The second-order valence-corrected chi connectivity index (χ2v) is 2.15. The maximum absolute atomic E-state index is 10.5. The summed E-state index contributed by atoms with van der Waals surface area (Å²) in [7, 11) is 0. The lowest BCUT2D eigenvalue weighted by molar-refractivity contribution is -0.118. The minimum Gasteiger partial charge on any atom is -0.320 e. The highest BCUT2D eigenvalue weighted by Gasteiger charge is 2.06. The average molecular weight is 146 g/mol. The van der Waals surface area contributed by atoms with Crippen molar-refractivity contribution in [1.82, 2.24) is 5.32 Å². The van der Waals surface area contributed by atoms with E-state index in [1.807, 2.05) is 0 Å². The Labute approximate surface area is 59.9 Å². The second-order valence-electron chi connectivity index (χ2n) is 2.15. The molecule has 0 aliphatic rings. The summed E-state index contributed by atoms with van der Waals surface area (Å²) in [5.74, 6) is -0.0758. The van der Waals surface area contributed by atoms with Crippen molar-refractivity contribution in [2.75, 3.05) is 6.54 Å². The van der Waals surface area contributed by atoms with E-state index in [2.05, 4.69) is 5.32 Å². The molecular formula is C5H14N4O. The number of ketones is 1. The Hall–Kier alpha value is -0.490. The van der Waals surface area contributed by atoms with Crippen LogP contribution >= 0.6 is 0 Å². The predicted octanol–water partition coefficient (Wildman–Crippen LogP) is -2.31. The zero-order valence-electron chi connectivity index (χ0n) is 6.00. The van der Waals surface area contributed by atoms with Gasteiger partial charge in [-0.15, -0.1) is 0 Å². The molecule has 0 rings (SSSR count). The minimum absolute atomic E-state index is 0.0758. The van der Waals surface area contributed by atoms with E-state index in [4.69, 9.17) is 17.2 Å². The van der Waals surface area contributed by atoms with Crippen molar-refractivity contribution < 1.29 is 4.79 Å². The van der Waals surface area contributed by atoms with Gasteiger partial charge in [-0.25, -0.2) is 0 Å². The molecule has 10 heavy (non-hydrogen) atoms. The van der Waals surface area contributed by atoms with Gasteiger partial charge in [0.1, 0.15) is 12.1 Å². The third-order valence-corrected chi connectivity index (χ3v) is 1.10. The molecule has 0 spiro atoms. The van der Waals surface area contributed by atoms with Crippen LogP contribution in [0, 0.1) is 0 Å². The molecule has 0 fully saturated rings. The summed E-state index contributed by atoms with van der Waals surface area (Å²) in [4.78, 5) is 10.5. The summed E-state index contributed by atoms with van der Waals surface area (Å²) in [6, 6.07) is -0.505. The smallest absolute Gasteiger partial charge is 0.147 e. The molecule has 0 amide bonds. The van der Waals surface area contributed by atoms with E-state index in [1.54, 1.807) is 0 Å². The van der Waals surface area contributed by atoms with Gasteiger partial charge in [0.05, 0.1) is 6.04 Å². The SMILES string of the molecule is CC(=O)[C@H](N)CNC(N)N. The fourth-order valence-corrected chi connectivity index (χ4v) is 0.407. The van der Waals surface area contributed by atoms with Crippen molar-refractivity contribution >= 4 is 5.78 Å². The Balaban J connectivity index is 3.40. The molecule has 0 heterocycles. The number of carbonyl (C=O) groups excluding carboxylic acids is 1. The van der Waals surface area contributed by atoms with Crippen LogP contribution in [-0.4, -0.2) is 24.7 Å². The molecule has 0 radical (unpaired) electrons. The van der Waals surface area contributed by atoms with Gasteiger partial charge in [-0.1, -0.05) is 0 Å². The lowest BCUT2D eigenvalue weighted by atomic mass is 10.2.